The van der Waals surface area contributed by atoms with Crippen molar-refractivity contribution in [3.05, 3.63) is 16.0 Å². The summed E-state index contributed by atoms with van der Waals surface area (Å²) in [6.45, 7) is 11.7. The third-order valence-corrected chi connectivity index (χ3v) is 8.89. The van der Waals surface area contributed by atoms with Crippen LogP contribution in [-0.2, 0) is 22.4 Å². The third kappa shape index (κ3) is 5.81. The summed E-state index contributed by atoms with van der Waals surface area (Å²) in [5.41, 5.74) is 1.83. The van der Waals surface area contributed by atoms with Gasteiger partial charge in [0.05, 0.1) is 18.2 Å². The molecule has 0 unspecified atom stereocenters. The van der Waals surface area contributed by atoms with Gasteiger partial charge in [-0.25, -0.2) is 0 Å². The molecule has 1 aromatic heterocycles. The molecule has 2 fully saturated rings. The summed E-state index contributed by atoms with van der Waals surface area (Å²) in [6, 6.07) is 2.08. The SMILES string of the molecule is C[C@@H]1C[C@H](C)CN(C(=O)CN2CCN([C@@H](C)C(=O)Nc3sc4c(c3C#N)CCCCC4)CC2)C1. The number of nitriles is 1. The average Bonchev–Trinajstić information content (AvgIpc) is 2.97. The Hall–Kier alpha value is -1.95. The lowest BCUT2D eigenvalue weighted by Gasteiger charge is -2.39. The molecule has 1 N–H and O–H groups in total. The highest BCUT2D eigenvalue weighted by molar-refractivity contribution is 7.16. The summed E-state index contributed by atoms with van der Waals surface area (Å²) in [5.74, 6) is 1.33. The van der Waals surface area contributed by atoms with E-state index in [2.05, 4.69) is 35.0 Å². The summed E-state index contributed by atoms with van der Waals surface area (Å²) in [5, 5.41) is 13.5. The molecule has 3 heterocycles. The maximum Gasteiger partial charge on any atom is 0.242 e. The molecule has 8 heteroatoms. The maximum atomic E-state index is 13.1. The quantitative estimate of drug-likeness (QED) is 0.647. The number of rotatable bonds is 5. The van der Waals surface area contributed by atoms with Crippen molar-refractivity contribution in [3.63, 3.8) is 0 Å². The Morgan fingerprint density at radius 1 is 1.09 bits per heavy atom. The standard InChI is InChI=1S/C26H39N5O2S/c1-18-13-19(2)16-31(15-18)24(32)17-29-9-11-30(12-10-29)20(3)25(33)28-26-22(14-27)21-7-5-4-6-8-23(21)34-26/h18-20H,4-13,15-17H2,1-3H3,(H,28,33)/t18-,19+,20-/m0/s1. The summed E-state index contributed by atoms with van der Waals surface area (Å²) in [7, 11) is 0. The predicted molar refractivity (Wildman–Crippen MR) is 136 cm³/mol. The van der Waals surface area contributed by atoms with E-state index in [-0.39, 0.29) is 17.9 Å². The molecule has 2 aliphatic heterocycles. The number of aryl methyl sites for hydroxylation is 1. The Morgan fingerprint density at radius 3 is 2.44 bits per heavy atom. The highest BCUT2D eigenvalue weighted by Gasteiger charge is 2.30. The minimum absolute atomic E-state index is 0.0475. The topological polar surface area (TPSA) is 79.7 Å². The number of amides is 2. The second-order valence-corrected chi connectivity index (χ2v) is 11.7. The molecule has 2 saturated heterocycles. The average molecular weight is 486 g/mol. The number of anilines is 1. The van der Waals surface area contributed by atoms with E-state index in [1.54, 1.807) is 11.3 Å². The van der Waals surface area contributed by atoms with E-state index < -0.39 is 0 Å². The van der Waals surface area contributed by atoms with E-state index in [0.717, 1.165) is 75.5 Å². The van der Waals surface area contributed by atoms with Crippen molar-refractivity contribution in [2.75, 3.05) is 51.1 Å². The van der Waals surface area contributed by atoms with Crippen LogP contribution >= 0.6 is 11.3 Å². The van der Waals surface area contributed by atoms with Crippen LogP contribution in [0, 0.1) is 23.2 Å². The summed E-state index contributed by atoms with van der Waals surface area (Å²) >= 11 is 1.59. The lowest BCUT2D eigenvalue weighted by atomic mass is 9.92. The molecule has 3 atom stereocenters. The van der Waals surface area contributed by atoms with Crippen LogP contribution in [-0.4, -0.2) is 78.4 Å². The van der Waals surface area contributed by atoms with E-state index in [4.69, 9.17) is 0 Å². The molecule has 34 heavy (non-hydrogen) atoms. The zero-order valence-electron chi connectivity index (χ0n) is 20.9. The second kappa shape index (κ2) is 11.2. The molecule has 0 bridgehead atoms. The van der Waals surface area contributed by atoms with Crippen LogP contribution in [0.15, 0.2) is 0 Å². The van der Waals surface area contributed by atoms with Crippen molar-refractivity contribution in [1.29, 1.82) is 5.26 Å². The molecule has 0 saturated carbocycles. The van der Waals surface area contributed by atoms with E-state index in [9.17, 15) is 14.9 Å². The van der Waals surface area contributed by atoms with Gasteiger partial charge in [0.15, 0.2) is 0 Å². The number of hydrogen-bond acceptors (Lipinski definition) is 6. The number of carbonyl (C=O) groups excluding carboxylic acids is 2. The molecule has 2 amide bonds. The molecule has 1 aliphatic carbocycles. The van der Waals surface area contributed by atoms with Gasteiger partial charge in [-0.2, -0.15) is 5.26 Å². The first kappa shape index (κ1) is 25.2. The Balaban J connectivity index is 1.28. The Kier molecular flexibility index (Phi) is 8.28. The number of piperazine rings is 1. The summed E-state index contributed by atoms with van der Waals surface area (Å²) in [6.07, 6.45) is 6.63. The molecule has 4 rings (SSSR count). The monoisotopic (exact) mass is 485 g/mol. The molecule has 0 aromatic carbocycles. The summed E-state index contributed by atoms with van der Waals surface area (Å²) in [4.78, 5) is 33.6. The highest BCUT2D eigenvalue weighted by Crippen LogP contribution is 2.37. The number of hydrogen-bond donors (Lipinski definition) is 1. The van der Waals surface area contributed by atoms with Gasteiger partial charge in [-0.1, -0.05) is 20.3 Å². The van der Waals surface area contributed by atoms with Crippen LogP contribution < -0.4 is 5.32 Å². The smallest absolute Gasteiger partial charge is 0.242 e. The van der Waals surface area contributed by atoms with Crippen LogP contribution in [0.4, 0.5) is 5.00 Å². The predicted octanol–water partition coefficient (Wildman–Crippen LogP) is 3.34. The van der Waals surface area contributed by atoms with Crippen molar-refractivity contribution in [2.45, 2.75) is 65.3 Å². The summed E-state index contributed by atoms with van der Waals surface area (Å²) < 4.78 is 0. The molecule has 0 radical (unpaired) electrons. The van der Waals surface area contributed by atoms with Crippen LogP contribution in [0.3, 0.4) is 0 Å². The maximum absolute atomic E-state index is 13.1. The zero-order chi connectivity index (χ0) is 24.2. The van der Waals surface area contributed by atoms with Gasteiger partial charge >= 0.3 is 0 Å². The Labute approximate surface area is 208 Å². The van der Waals surface area contributed by atoms with Crippen LogP contribution in [0.25, 0.3) is 0 Å². The normalized spacial score (nSPS) is 25.2. The van der Waals surface area contributed by atoms with Crippen LogP contribution in [0.5, 0.6) is 0 Å². The van der Waals surface area contributed by atoms with Gasteiger partial charge in [0.25, 0.3) is 0 Å². The first-order valence-electron chi connectivity index (χ1n) is 12.9. The lowest BCUT2D eigenvalue weighted by molar-refractivity contribution is -0.136. The minimum atomic E-state index is -0.268. The third-order valence-electron chi connectivity index (χ3n) is 7.68. The van der Waals surface area contributed by atoms with Gasteiger partial charge in [0.1, 0.15) is 11.1 Å². The first-order chi connectivity index (χ1) is 16.4. The van der Waals surface area contributed by atoms with Gasteiger partial charge in [-0.3, -0.25) is 19.4 Å². The molecule has 3 aliphatic rings. The number of nitrogens with one attached hydrogen (secondary N) is 1. The van der Waals surface area contributed by atoms with Crippen molar-refractivity contribution in [2.24, 2.45) is 11.8 Å². The molecule has 7 nitrogen and oxygen atoms in total. The highest BCUT2D eigenvalue weighted by atomic mass is 32.1. The lowest BCUT2D eigenvalue weighted by Crippen LogP contribution is -2.55. The molecule has 1 aromatic rings. The molecule has 186 valence electrons. The molecular formula is C26H39N5O2S. The van der Waals surface area contributed by atoms with Crippen LogP contribution in [0.2, 0.25) is 0 Å². The van der Waals surface area contributed by atoms with Gasteiger partial charge in [-0.15, -0.1) is 11.3 Å². The van der Waals surface area contributed by atoms with Gasteiger partial charge in [0, 0.05) is 44.1 Å². The fourth-order valence-electron chi connectivity index (χ4n) is 5.80. The van der Waals surface area contributed by atoms with Crippen molar-refractivity contribution in [3.8, 4) is 6.07 Å². The second-order valence-electron chi connectivity index (χ2n) is 10.6. The number of piperidine rings is 1. The van der Waals surface area contributed by atoms with E-state index >= 15 is 0 Å². The fourth-order valence-corrected chi connectivity index (χ4v) is 7.04. The van der Waals surface area contributed by atoms with E-state index in [1.165, 1.54) is 17.7 Å². The number of thiophene rings is 1. The first-order valence-corrected chi connectivity index (χ1v) is 13.8. The number of likely N-dealkylation sites (tertiary alicyclic amines) is 1. The largest absolute Gasteiger partial charge is 0.341 e. The molecular weight excluding hydrogens is 446 g/mol. The number of carbonyl (C=O) groups is 2. The van der Waals surface area contributed by atoms with Gasteiger partial charge in [0.2, 0.25) is 11.8 Å². The van der Waals surface area contributed by atoms with Gasteiger partial charge in [-0.05, 0) is 56.4 Å². The minimum Gasteiger partial charge on any atom is -0.341 e. The van der Waals surface area contributed by atoms with Gasteiger partial charge < -0.3 is 10.2 Å². The fraction of sp³-hybridized carbons (Fsp3) is 0.731. The number of fused-ring (bicyclic) bond motifs is 1. The number of nitrogens with zero attached hydrogens (tertiary/aromatic N) is 4. The molecule has 0 spiro atoms. The van der Waals surface area contributed by atoms with E-state index in [1.807, 2.05) is 11.8 Å². The Bertz CT molecular complexity index is 920. The van der Waals surface area contributed by atoms with E-state index in [0.29, 0.717) is 23.9 Å². The van der Waals surface area contributed by atoms with Crippen molar-refractivity contribution in [1.82, 2.24) is 14.7 Å². The van der Waals surface area contributed by atoms with Crippen LogP contribution in [0.1, 0.15) is 62.5 Å². The Morgan fingerprint density at radius 2 is 1.76 bits per heavy atom. The zero-order valence-corrected chi connectivity index (χ0v) is 21.8. The van der Waals surface area contributed by atoms with Crippen molar-refractivity contribution >= 4 is 28.2 Å². The van der Waals surface area contributed by atoms with Crippen molar-refractivity contribution < 1.29 is 9.59 Å².